The molecule has 21 heavy (non-hydrogen) atoms. The highest BCUT2D eigenvalue weighted by Gasteiger charge is 2.19. The van der Waals surface area contributed by atoms with Gasteiger partial charge >= 0.3 is 12.0 Å². The molecule has 116 valence electrons. The first-order chi connectivity index (χ1) is 9.69. The fourth-order valence-electron chi connectivity index (χ4n) is 1.69. The SMILES string of the molecule is CC(C)(C)CCNC(=O)N(CC(=O)O)c1ccc(O)cc1. The molecule has 0 radical (unpaired) electrons. The second kappa shape index (κ2) is 6.97. The molecule has 0 unspecified atom stereocenters. The molecule has 6 heteroatoms. The summed E-state index contributed by atoms with van der Waals surface area (Å²) in [7, 11) is 0. The quantitative estimate of drug-likeness (QED) is 0.778. The third kappa shape index (κ3) is 6.16. The fourth-order valence-corrected chi connectivity index (χ4v) is 1.69. The van der Waals surface area contributed by atoms with Crippen LogP contribution in [-0.2, 0) is 4.79 Å². The molecule has 3 N–H and O–H groups in total. The van der Waals surface area contributed by atoms with Crippen molar-refractivity contribution in [3.63, 3.8) is 0 Å². The minimum atomic E-state index is -1.10. The average Bonchev–Trinajstić information content (AvgIpc) is 2.35. The molecule has 0 spiro atoms. The Balaban J connectivity index is 2.75. The maximum Gasteiger partial charge on any atom is 0.323 e. The van der Waals surface area contributed by atoms with Crippen LogP contribution in [0.3, 0.4) is 0 Å². The van der Waals surface area contributed by atoms with Gasteiger partial charge in [-0.1, -0.05) is 20.8 Å². The van der Waals surface area contributed by atoms with Crippen LogP contribution in [0.1, 0.15) is 27.2 Å². The summed E-state index contributed by atoms with van der Waals surface area (Å²) in [6.45, 7) is 6.22. The Morgan fingerprint density at radius 2 is 1.76 bits per heavy atom. The van der Waals surface area contributed by atoms with Crippen molar-refractivity contribution in [3.05, 3.63) is 24.3 Å². The monoisotopic (exact) mass is 294 g/mol. The van der Waals surface area contributed by atoms with Crippen molar-refractivity contribution in [1.29, 1.82) is 0 Å². The highest BCUT2D eigenvalue weighted by Crippen LogP contribution is 2.19. The number of nitrogens with one attached hydrogen (secondary N) is 1. The van der Waals surface area contributed by atoms with E-state index >= 15 is 0 Å². The van der Waals surface area contributed by atoms with E-state index < -0.39 is 18.5 Å². The molecule has 0 aromatic heterocycles. The molecule has 0 bridgehead atoms. The highest BCUT2D eigenvalue weighted by atomic mass is 16.4. The predicted octanol–water partition coefficient (Wildman–Crippen LogP) is 2.43. The van der Waals surface area contributed by atoms with Gasteiger partial charge in [0.2, 0.25) is 0 Å². The van der Waals surface area contributed by atoms with Crippen LogP contribution in [0.2, 0.25) is 0 Å². The molecule has 6 nitrogen and oxygen atoms in total. The first-order valence-electron chi connectivity index (χ1n) is 6.75. The molecular weight excluding hydrogens is 272 g/mol. The number of phenolic OH excluding ortho intramolecular Hbond substituents is 1. The average molecular weight is 294 g/mol. The van der Waals surface area contributed by atoms with Gasteiger partial charge in [-0.3, -0.25) is 9.69 Å². The third-order valence-corrected chi connectivity index (χ3v) is 2.85. The topological polar surface area (TPSA) is 89.9 Å². The number of urea groups is 1. The van der Waals surface area contributed by atoms with Crippen LogP contribution >= 0.6 is 0 Å². The number of rotatable bonds is 5. The molecule has 0 saturated heterocycles. The summed E-state index contributed by atoms with van der Waals surface area (Å²) in [5, 5.41) is 20.9. The predicted molar refractivity (Wildman–Crippen MR) is 80.6 cm³/mol. The Bertz CT molecular complexity index is 491. The lowest BCUT2D eigenvalue weighted by atomic mass is 9.92. The zero-order valence-corrected chi connectivity index (χ0v) is 12.6. The Morgan fingerprint density at radius 3 is 2.24 bits per heavy atom. The lowest BCUT2D eigenvalue weighted by molar-refractivity contribution is -0.135. The van der Waals surface area contributed by atoms with E-state index in [1.165, 1.54) is 24.3 Å². The van der Waals surface area contributed by atoms with E-state index in [4.69, 9.17) is 5.11 Å². The molecule has 0 aliphatic heterocycles. The Kier molecular flexibility index (Phi) is 5.58. The summed E-state index contributed by atoms with van der Waals surface area (Å²) in [6, 6.07) is 5.36. The summed E-state index contributed by atoms with van der Waals surface area (Å²) < 4.78 is 0. The molecule has 0 aliphatic rings. The zero-order chi connectivity index (χ0) is 16.0. The molecule has 1 aromatic carbocycles. The molecule has 1 aromatic rings. The lowest BCUT2D eigenvalue weighted by Gasteiger charge is -2.23. The number of aliphatic carboxylic acids is 1. The van der Waals surface area contributed by atoms with Gasteiger partial charge in [0, 0.05) is 12.2 Å². The number of carboxylic acids is 1. The van der Waals surface area contributed by atoms with Crippen LogP contribution in [0.5, 0.6) is 5.75 Å². The number of carbonyl (C=O) groups excluding carboxylic acids is 1. The molecule has 0 fully saturated rings. The molecule has 0 saturated carbocycles. The number of amides is 2. The van der Waals surface area contributed by atoms with Crippen molar-refractivity contribution in [2.45, 2.75) is 27.2 Å². The van der Waals surface area contributed by atoms with Gasteiger partial charge in [-0.2, -0.15) is 0 Å². The van der Waals surface area contributed by atoms with E-state index in [0.29, 0.717) is 12.2 Å². The van der Waals surface area contributed by atoms with Crippen LogP contribution in [0.15, 0.2) is 24.3 Å². The summed E-state index contributed by atoms with van der Waals surface area (Å²) in [4.78, 5) is 24.2. The van der Waals surface area contributed by atoms with E-state index in [-0.39, 0.29) is 11.2 Å². The van der Waals surface area contributed by atoms with Gasteiger partial charge in [-0.15, -0.1) is 0 Å². The first-order valence-corrected chi connectivity index (χ1v) is 6.75. The normalized spacial score (nSPS) is 11.0. The number of benzene rings is 1. The molecule has 0 atom stereocenters. The van der Waals surface area contributed by atoms with Gasteiger partial charge in [0.25, 0.3) is 0 Å². The van der Waals surface area contributed by atoms with Gasteiger partial charge < -0.3 is 15.5 Å². The van der Waals surface area contributed by atoms with Crippen LogP contribution in [-0.4, -0.2) is 35.3 Å². The van der Waals surface area contributed by atoms with Crippen molar-refractivity contribution in [3.8, 4) is 5.75 Å². The molecular formula is C15H22N2O4. The van der Waals surface area contributed by atoms with Crippen molar-refractivity contribution >= 4 is 17.7 Å². The largest absolute Gasteiger partial charge is 0.508 e. The van der Waals surface area contributed by atoms with E-state index in [2.05, 4.69) is 26.1 Å². The van der Waals surface area contributed by atoms with Crippen molar-refractivity contribution in [2.75, 3.05) is 18.0 Å². The van der Waals surface area contributed by atoms with E-state index in [1.807, 2.05) is 0 Å². The summed E-state index contributed by atoms with van der Waals surface area (Å²) >= 11 is 0. The Labute approximate surface area is 124 Å². The smallest absolute Gasteiger partial charge is 0.323 e. The van der Waals surface area contributed by atoms with Crippen LogP contribution in [0.4, 0.5) is 10.5 Å². The van der Waals surface area contributed by atoms with Gasteiger partial charge in [-0.05, 0) is 36.1 Å². The number of phenols is 1. The maximum atomic E-state index is 12.1. The molecule has 1 rings (SSSR count). The fraction of sp³-hybridized carbons (Fsp3) is 0.467. The number of carboxylic acid groups (broad SMARTS) is 1. The van der Waals surface area contributed by atoms with Crippen LogP contribution in [0, 0.1) is 5.41 Å². The minimum absolute atomic E-state index is 0.0576. The number of hydrogen-bond donors (Lipinski definition) is 3. The van der Waals surface area contributed by atoms with Crippen molar-refractivity contribution in [2.24, 2.45) is 5.41 Å². The van der Waals surface area contributed by atoms with E-state index in [9.17, 15) is 14.7 Å². The number of carbonyl (C=O) groups is 2. The summed E-state index contributed by atoms with van der Waals surface area (Å²) in [5.41, 5.74) is 0.507. The second-order valence-electron chi connectivity index (χ2n) is 6.04. The van der Waals surface area contributed by atoms with Gasteiger partial charge in [0.15, 0.2) is 0 Å². The lowest BCUT2D eigenvalue weighted by Crippen LogP contribution is -2.43. The van der Waals surface area contributed by atoms with Crippen LogP contribution < -0.4 is 10.2 Å². The third-order valence-electron chi connectivity index (χ3n) is 2.85. The van der Waals surface area contributed by atoms with Gasteiger partial charge in [0.1, 0.15) is 12.3 Å². The number of nitrogens with zero attached hydrogens (tertiary/aromatic N) is 1. The number of aromatic hydroxyl groups is 1. The van der Waals surface area contributed by atoms with E-state index in [0.717, 1.165) is 11.3 Å². The molecule has 0 heterocycles. The Morgan fingerprint density at radius 1 is 1.19 bits per heavy atom. The van der Waals surface area contributed by atoms with Crippen molar-refractivity contribution < 1.29 is 19.8 Å². The summed E-state index contributed by atoms with van der Waals surface area (Å²) in [6.07, 6.45) is 0.787. The summed E-state index contributed by atoms with van der Waals surface area (Å²) in [5.74, 6) is -1.05. The van der Waals surface area contributed by atoms with Crippen LogP contribution in [0.25, 0.3) is 0 Å². The zero-order valence-electron chi connectivity index (χ0n) is 12.6. The molecule has 2 amide bonds. The Hall–Kier alpha value is -2.24. The van der Waals surface area contributed by atoms with Crippen molar-refractivity contribution in [1.82, 2.24) is 5.32 Å². The number of anilines is 1. The molecule has 0 aliphatic carbocycles. The van der Waals surface area contributed by atoms with Gasteiger partial charge in [0.05, 0.1) is 0 Å². The first kappa shape index (κ1) is 16.8. The maximum absolute atomic E-state index is 12.1. The second-order valence-corrected chi connectivity index (χ2v) is 6.04. The van der Waals surface area contributed by atoms with Gasteiger partial charge in [-0.25, -0.2) is 4.79 Å². The highest BCUT2D eigenvalue weighted by molar-refractivity contribution is 5.96. The minimum Gasteiger partial charge on any atom is -0.508 e. The standard InChI is InChI=1S/C15H22N2O4/c1-15(2,3)8-9-16-14(21)17(10-13(19)20)11-4-6-12(18)7-5-11/h4-7,18H,8-10H2,1-3H3,(H,16,21)(H,19,20). The number of hydrogen-bond acceptors (Lipinski definition) is 3. The van der Waals surface area contributed by atoms with E-state index in [1.54, 1.807) is 0 Å².